The molecular weight excluding hydrogens is 230 g/mol. The van der Waals surface area contributed by atoms with Crippen LogP contribution in [0.4, 0.5) is 0 Å². The molecule has 2 unspecified atom stereocenters. The van der Waals surface area contributed by atoms with Crippen LogP contribution in [-0.2, 0) is 0 Å². The predicted octanol–water partition coefficient (Wildman–Crippen LogP) is 3.24. The van der Waals surface area contributed by atoms with E-state index in [1.807, 2.05) is 12.1 Å². The first-order chi connectivity index (χ1) is 8.19. The number of ether oxygens (including phenoxy) is 1. The van der Waals surface area contributed by atoms with Gasteiger partial charge in [0.25, 0.3) is 0 Å². The lowest BCUT2D eigenvalue weighted by Crippen LogP contribution is -2.31. The second-order valence-electron chi connectivity index (χ2n) is 4.74. The summed E-state index contributed by atoms with van der Waals surface area (Å²) in [5.74, 6) is 2.16. The summed E-state index contributed by atoms with van der Waals surface area (Å²) in [6.45, 7) is 4.54. The van der Waals surface area contributed by atoms with Crippen LogP contribution in [0.1, 0.15) is 31.9 Å². The second-order valence-corrected chi connectivity index (χ2v) is 6.21. The van der Waals surface area contributed by atoms with Crippen LogP contribution in [0.25, 0.3) is 0 Å². The van der Waals surface area contributed by atoms with Crippen molar-refractivity contribution in [2.24, 2.45) is 0 Å². The summed E-state index contributed by atoms with van der Waals surface area (Å²) in [7, 11) is 1.70. The van der Waals surface area contributed by atoms with Gasteiger partial charge < -0.3 is 10.1 Å². The van der Waals surface area contributed by atoms with Gasteiger partial charge in [-0.3, -0.25) is 0 Å². The number of rotatable bonds is 4. The molecule has 1 heterocycles. The molecule has 0 bridgehead atoms. The smallest absolute Gasteiger partial charge is 0.118 e. The van der Waals surface area contributed by atoms with Gasteiger partial charge in [-0.05, 0) is 31.0 Å². The van der Waals surface area contributed by atoms with Crippen LogP contribution in [0.3, 0.4) is 0 Å². The van der Waals surface area contributed by atoms with E-state index >= 15 is 0 Å². The molecule has 0 aliphatic carbocycles. The standard InChI is InChI=1S/C14H21NOS/c1-10-8-13(9-17-10)15-11(2)12-4-6-14(16-3)7-5-12/h4-7,10-11,13,15H,8-9H2,1-3H3/t10?,11-,13?/m1/s1. The molecule has 0 radical (unpaired) electrons. The van der Waals surface area contributed by atoms with Crippen molar-refractivity contribution in [1.82, 2.24) is 5.32 Å². The average Bonchev–Trinajstić information content (AvgIpc) is 2.75. The number of hydrogen-bond acceptors (Lipinski definition) is 3. The fourth-order valence-electron chi connectivity index (χ4n) is 2.28. The van der Waals surface area contributed by atoms with E-state index < -0.39 is 0 Å². The minimum absolute atomic E-state index is 0.414. The summed E-state index contributed by atoms with van der Waals surface area (Å²) < 4.78 is 5.17. The minimum atomic E-state index is 0.414. The molecule has 1 aromatic rings. The van der Waals surface area contributed by atoms with Gasteiger partial charge in [0.2, 0.25) is 0 Å². The van der Waals surface area contributed by atoms with E-state index in [1.165, 1.54) is 17.7 Å². The highest BCUT2D eigenvalue weighted by molar-refractivity contribution is 8.00. The van der Waals surface area contributed by atoms with Crippen LogP contribution in [0, 0.1) is 0 Å². The lowest BCUT2D eigenvalue weighted by molar-refractivity contribution is 0.414. The van der Waals surface area contributed by atoms with E-state index in [1.54, 1.807) is 7.11 Å². The number of hydrogen-bond donors (Lipinski definition) is 1. The van der Waals surface area contributed by atoms with Crippen molar-refractivity contribution in [3.05, 3.63) is 29.8 Å². The Kier molecular flexibility index (Phi) is 4.35. The molecule has 0 amide bonds. The maximum Gasteiger partial charge on any atom is 0.118 e. The van der Waals surface area contributed by atoms with Gasteiger partial charge in [0.15, 0.2) is 0 Å². The van der Waals surface area contributed by atoms with Crippen molar-refractivity contribution in [3.8, 4) is 5.75 Å². The summed E-state index contributed by atoms with van der Waals surface area (Å²) in [5.41, 5.74) is 1.33. The van der Waals surface area contributed by atoms with Crippen molar-refractivity contribution in [2.45, 2.75) is 37.6 Å². The highest BCUT2D eigenvalue weighted by Gasteiger charge is 2.23. The summed E-state index contributed by atoms with van der Waals surface area (Å²) in [4.78, 5) is 0. The summed E-state index contributed by atoms with van der Waals surface area (Å²) in [5, 5.41) is 4.50. The topological polar surface area (TPSA) is 21.3 Å². The zero-order chi connectivity index (χ0) is 12.3. The van der Waals surface area contributed by atoms with Gasteiger partial charge in [-0.2, -0.15) is 11.8 Å². The minimum Gasteiger partial charge on any atom is -0.497 e. The molecule has 1 aliphatic rings. The fraction of sp³-hybridized carbons (Fsp3) is 0.571. The molecule has 2 rings (SSSR count). The SMILES string of the molecule is COc1ccc([C@@H](C)NC2CSC(C)C2)cc1. The van der Waals surface area contributed by atoms with Crippen LogP contribution >= 0.6 is 11.8 Å². The second kappa shape index (κ2) is 5.78. The maximum atomic E-state index is 5.17. The van der Waals surface area contributed by atoms with Gasteiger partial charge in [0, 0.05) is 23.1 Å². The molecule has 0 spiro atoms. The van der Waals surface area contributed by atoms with Gasteiger partial charge in [0.1, 0.15) is 5.75 Å². The van der Waals surface area contributed by atoms with Crippen LogP contribution in [0.2, 0.25) is 0 Å². The lowest BCUT2D eigenvalue weighted by atomic mass is 10.1. The van der Waals surface area contributed by atoms with E-state index in [2.05, 4.69) is 43.1 Å². The average molecular weight is 251 g/mol. The molecule has 3 atom stereocenters. The van der Waals surface area contributed by atoms with Crippen molar-refractivity contribution in [3.63, 3.8) is 0 Å². The largest absolute Gasteiger partial charge is 0.497 e. The van der Waals surface area contributed by atoms with Crippen LogP contribution in [0.5, 0.6) is 5.75 Å². The third-order valence-corrected chi connectivity index (χ3v) is 4.66. The molecule has 1 fully saturated rings. The lowest BCUT2D eigenvalue weighted by Gasteiger charge is -2.19. The summed E-state index contributed by atoms with van der Waals surface area (Å²) >= 11 is 2.07. The van der Waals surface area contributed by atoms with Gasteiger partial charge >= 0.3 is 0 Å². The predicted molar refractivity (Wildman–Crippen MR) is 74.9 cm³/mol. The van der Waals surface area contributed by atoms with Crippen LogP contribution in [-0.4, -0.2) is 24.2 Å². The van der Waals surface area contributed by atoms with E-state index in [0.717, 1.165) is 11.0 Å². The zero-order valence-corrected chi connectivity index (χ0v) is 11.6. The fourth-order valence-corrected chi connectivity index (χ4v) is 3.44. The quantitative estimate of drug-likeness (QED) is 0.887. The van der Waals surface area contributed by atoms with E-state index in [4.69, 9.17) is 4.74 Å². The molecule has 94 valence electrons. The van der Waals surface area contributed by atoms with Gasteiger partial charge in [-0.15, -0.1) is 0 Å². The Labute approximate surface area is 108 Å². The third kappa shape index (κ3) is 3.39. The van der Waals surface area contributed by atoms with E-state index in [9.17, 15) is 0 Å². The first kappa shape index (κ1) is 12.8. The van der Waals surface area contributed by atoms with Crippen LogP contribution in [0.15, 0.2) is 24.3 Å². The Bertz CT molecular complexity index is 352. The van der Waals surface area contributed by atoms with Crippen molar-refractivity contribution < 1.29 is 4.74 Å². The molecular formula is C14H21NOS. The summed E-state index contributed by atoms with van der Waals surface area (Å²) in [6.07, 6.45) is 1.28. The normalized spacial score (nSPS) is 25.8. The first-order valence-electron chi connectivity index (χ1n) is 6.20. The highest BCUT2D eigenvalue weighted by Crippen LogP contribution is 2.28. The Balaban J connectivity index is 1.92. The number of thioether (sulfide) groups is 1. The molecule has 0 aromatic heterocycles. The van der Waals surface area contributed by atoms with Gasteiger partial charge in [0.05, 0.1) is 7.11 Å². The molecule has 17 heavy (non-hydrogen) atoms. The zero-order valence-electron chi connectivity index (χ0n) is 10.8. The van der Waals surface area contributed by atoms with E-state index in [0.29, 0.717) is 12.1 Å². The maximum absolute atomic E-state index is 5.17. The molecule has 3 heteroatoms. The molecule has 1 aliphatic heterocycles. The van der Waals surface area contributed by atoms with Crippen molar-refractivity contribution in [2.75, 3.05) is 12.9 Å². The third-order valence-electron chi connectivity index (χ3n) is 3.30. The summed E-state index contributed by atoms with van der Waals surface area (Å²) in [6, 6.07) is 9.41. The first-order valence-corrected chi connectivity index (χ1v) is 7.25. The Morgan fingerprint density at radius 3 is 2.59 bits per heavy atom. The Hall–Kier alpha value is -0.670. The molecule has 1 N–H and O–H groups in total. The molecule has 1 saturated heterocycles. The van der Waals surface area contributed by atoms with Gasteiger partial charge in [-0.25, -0.2) is 0 Å². The van der Waals surface area contributed by atoms with Crippen LogP contribution < -0.4 is 10.1 Å². The van der Waals surface area contributed by atoms with Gasteiger partial charge in [-0.1, -0.05) is 19.1 Å². The molecule has 0 saturated carbocycles. The Morgan fingerprint density at radius 2 is 2.06 bits per heavy atom. The van der Waals surface area contributed by atoms with Crippen molar-refractivity contribution in [1.29, 1.82) is 0 Å². The number of nitrogens with one attached hydrogen (secondary N) is 1. The van der Waals surface area contributed by atoms with E-state index in [-0.39, 0.29) is 0 Å². The number of methoxy groups -OCH3 is 1. The molecule has 2 nitrogen and oxygen atoms in total. The monoisotopic (exact) mass is 251 g/mol. The van der Waals surface area contributed by atoms with Crippen molar-refractivity contribution >= 4 is 11.8 Å². The molecule has 1 aromatic carbocycles. The Morgan fingerprint density at radius 1 is 1.35 bits per heavy atom. The number of benzene rings is 1. The highest BCUT2D eigenvalue weighted by atomic mass is 32.2.